The Morgan fingerprint density at radius 3 is 1.83 bits per heavy atom. The van der Waals surface area contributed by atoms with Crippen LogP contribution in [-0.4, -0.2) is 105 Å². The Kier molecular flexibility index (Phi) is 19.4. The zero-order valence-electron chi connectivity index (χ0n) is 37.8. The molecule has 0 aliphatic carbocycles. The number of amides is 4. The van der Waals surface area contributed by atoms with E-state index in [4.69, 9.17) is 33.2 Å². The zero-order chi connectivity index (χ0) is 47.5. The van der Waals surface area contributed by atoms with E-state index in [0.29, 0.717) is 37.0 Å². The molecule has 0 spiro atoms. The van der Waals surface area contributed by atoms with Crippen molar-refractivity contribution in [3.05, 3.63) is 114 Å². The number of hydrogen-bond acceptors (Lipinski definition) is 13. The first-order chi connectivity index (χ1) is 31.3. The Morgan fingerprint density at radius 1 is 0.723 bits per heavy atom. The number of anilines is 2. The highest BCUT2D eigenvalue weighted by atomic mass is 16.6. The van der Waals surface area contributed by atoms with Crippen molar-refractivity contribution in [1.82, 2.24) is 9.80 Å². The fourth-order valence-electron chi connectivity index (χ4n) is 6.89. The van der Waals surface area contributed by atoms with Gasteiger partial charge in [-0.15, -0.1) is 0 Å². The summed E-state index contributed by atoms with van der Waals surface area (Å²) in [4.78, 5) is 80.8. The van der Waals surface area contributed by atoms with Crippen LogP contribution in [0.3, 0.4) is 0 Å². The molecule has 2 heterocycles. The normalized spacial score (nSPS) is 15.5. The van der Waals surface area contributed by atoms with Crippen LogP contribution in [0.2, 0.25) is 0 Å². The summed E-state index contributed by atoms with van der Waals surface area (Å²) in [6.45, 7) is 15.2. The molecule has 2 N–H and O–H groups in total. The smallest absolute Gasteiger partial charge is 0.412 e. The Labute approximate surface area is 379 Å². The summed E-state index contributed by atoms with van der Waals surface area (Å²) in [5, 5.41) is 5.21. The standard InChI is InChI=1S/C48H58N4O13/c1-9-15-33-22-35(13-5)51(27-33)46(56)38-24-42(59-8)43(26-40(38)50-48(58)65-30-44(54)62-17-11-3)61-20-14-19-60-41-25-39(49-47(57)63-18-12-4)37(21-31(41)6)45(55)52-28-34(16-10-2)23-36(52)29-64-32(7)53/h9-12,15-16,21,24-28,35-36H,3-4,13-14,17-20,22-23,29-30H2,1-2,5-8H3,(H,49,57)(H,50,58)/b15-9+,16-10+/t35-,36+/m1/s1. The second-order valence-corrected chi connectivity index (χ2v) is 14.7. The van der Waals surface area contributed by atoms with Crippen molar-refractivity contribution in [3.8, 4) is 17.2 Å². The Hall–Kier alpha value is -7.30. The van der Waals surface area contributed by atoms with Crippen LogP contribution < -0.4 is 24.8 Å². The van der Waals surface area contributed by atoms with Gasteiger partial charge in [-0.25, -0.2) is 14.4 Å². The highest BCUT2D eigenvalue weighted by molar-refractivity contribution is 6.05. The molecule has 0 saturated carbocycles. The first kappa shape index (κ1) is 50.3. The highest BCUT2D eigenvalue weighted by Gasteiger charge is 2.33. The number of esters is 2. The van der Waals surface area contributed by atoms with Crippen molar-refractivity contribution in [1.29, 1.82) is 0 Å². The largest absolute Gasteiger partial charge is 0.493 e. The molecular weight excluding hydrogens is 841 g/mol. The van der Waals surface area contributed by atoms with Crippen LogP contribution in [0.1, 0.15) is 79.7 Å². The van der Waals surface area contributed by atoms with Crippen molar-refractivity contribution >= 4 is 47.3 Å². The van der Waals surface area contributed by atoms with E-state index in [9.17, 15) is 28.8 Å². The SMILES string of the molecule is C=CCOC(=O)COC(=O)Nc1cc(OCCCOc2cc(NC(=O)OCC=C)c(C(=O)N3C=C(/C=C/C)C[C@H]3COC(C)=O)cc2C)c(OC)cc1C(=O)N1C=C(/C=C/C)C[C@H]1CC. The van der Waals surface area contributed by atoms with E-state index < -0.39 is 48.6 Å². The third-order valence-corrected chi connectivity index (χ3v) is 9.89. The topological polar surface area (TPSA) is 198 Å². The van der Waals surface area contributed by atoms with E-state index >= 15 is 0 Å². The lowest BCUT2D eigenvalue weighted by Crippen LogP contribution is -2.37. The maximum atomic E-state index is 14.1. The van der Waals surface area contributed by atoms with Gasteiger partial charge in [-0.05, 0) is 68.9 Å². The molecule has 0 bridgehead atoms. The average molecular weight is 899 g/mol. The van der Waals surface area contributed by atoms with E-state index in [1.165, 1.54) is 49.3 Å². The number of carbonyl (C=O) groups is 6. The molecule has 2 aliphatic rings. The molecule has 2 aromatic rings. The van der Waals surface area contributed by atoms with Crippen LogP contribution >= 0.6 is 0 Å². The van der Waals surface area contributed by atoms with Gasteiger partial charge in [-0.3, -0.25) is 25.0 Å². The van der Waals surface area contributed by atoms with E-state index in [1.807, 2.05) is 45.1 Å². The number of hydrogen-bond donors (Lipinski definition) is 2. The van der Waals surface area contributed by atoms with Gasteiger partial charge in [0.05, 0.1) is 48.9 Å². The third-order valence-electron chi connectivity index (χ3n) is 9.89. The predicted octanol–water partition coefficient (Wildman–Crippen LogP) is 8.19. The second-order valence-electron chi connectivity index (χ2n) is 14.7. The Balaban J connectivity index is 1.55. The van der Waals surface area contributed by atoms with E-state index in [2.05, 4.69) is 23.8 Å². The summed E-state index contributed by atoms with van der Waals surface area (Å²) in [6.07, 6.45) is 14.1. The van der Waals surface area contributed by atoms with Gasteiger partial charge in [0.2, 0.25) is 0 Å². The summed E-state index contributed by atoms with van der Waals surface area (Å²) < 4.78 is 38.3. The summed E-state index contributed by atoms with van der Waals surface area (Å²) >= 11 is 0. The summed E-state index contributed by atoms with van der Waals surface area (Å²) in [7, 11) is 1.42. The van der Waals surface area contributed by atoms with Crippen LogP contribution in [-0.2, 0) is 28.5 Å². The molecule has 17 nitrogen and oxygen atoms in total. The van der Waals surface area contributed by atoms with Crippen LogP contribution in [0.5, 0.6) is 17.2 Å². The molecule has 348 valence electrons. The number of aryl methyl sites for hydroxylation is 1. The van der Waals surface area contributed by atoms with Gasteiger partial charge in [0.15, 0.2) is 18.1 Å². The summed E-state index contributed by atoms with van der Waals surface area (Å²) in [5.74, 6) is -1.35. The molecule has 2 atom stereocenters. The lowest BCUT2D eigenvalue weighted by molar-refractivity contribution is -0.145. The van der Waals surface area contributed by atoms with E-state index in [0.717, 1.165) is 11.1 Å². The maximum absolute atomic E-state index is 14.1. The Morgan fingerprint density at radius 2 is 1.26 bits per heavy atom. The monoisotopic (exact) mass is 898 g/mol. The van der Waals surface area contributed by atoms with Gasteiger partial charge in [-0.1, -0.05) is 56.5 Å². The second kappa shape index (κ2) is 25.1. The fourth-order valence-corrected chi connectivity index (χ4v) is 6.89. The molecule has 0 saturated heterocycles. The minimum absolute atomic E-state index is 0.0221. The molecule has 2 aromatic carbocycles. The van der Waals surface area contributed by atoms with Crippen LogP contribution in [0.4, 0.5) is 21.0 Å². The molecule has 0 unspecified atom stereocenters. The lowest BCUT2D eigenvalue weighted by atomic mass is 10.1. The first-order valence-corrected chi connectivity index (χ1v) is 21.1. The van der Waals surface area contributed by atoms with Crippen molar-refractivity contribution < 1.29 is 61.9 Å². The number of methoxy groups -OCH3 is 1. The number of rotatable bonds is 22. The number of allylic oxidation sites excluding steroid dienone is 4. The molecule has 2 aliphatic heterocycles. The predicted molar refractivity (Wildman–Crippen MR) is 243 cm³/mol. The van der Waals surface area contributed by atoms with Gasteiger partial charge in [0.25, 0.3) is 11.8 Å². The van der Waals surface area contributed by atoms with Crippen molar-refractivity contribution in [2.75, 3.05) is 57.4 Å². The van der Waals surface area contributed by atoms with Gasteiger partial charge in [0.1, 0.15) is 25.6 Å². The number of carbonyl (C=O) groups excluding carboxylic acids is 6. The number of nitrogens with one attached hydrogen (secondary N) is 2. The molecule has 4 rings (SSSR count). The highest BCUT2D eigenvalue weighted by Crippen LogP contribution is 2.37. The molecule has 65 heavy (non-hydrogen) atoms. The van der Waals surface area contributed by atoms with Crippen LogP contribution in [0.25, 0.3) is 0 Å². The summed E-state index contributed by atoms with van der Waals surface area (Å²) in [6, 6.07) is 5.43. The maximum Gasteiger partial charge on any atom is 0.412 e. The molecule has 4 amide bonds. The fraction of sp³-hybridized carbons (Fsp3) is 0.375. The van der Waals surface area contributed by atoms with Gasteiger partial charge >= 0.3 is 24.1 Å². The quantitative estimate of drug-likeness (QED) is 0.0497. The van der Waals surface area contributed by atoms with Crippen LogP contribution in [0, 0.1) is 6.92 Å². The van der Waals surface area contributed by atoms with Crippen molar-refractivity contribution in [2.45, 2.75) is 72.4 Å². The molecule has 0 radical (unpaired) electrons. The van der Waals surface area contributed by atoms with E-state index in [1.54, 1.807) is 30.3 Å². The number of ether oxygens (including phenoxy) is 7. The van der Waals surface area contributed by atoms with Crippen molar-refractivity contribution in [2.24, 2.45) is 0 Å². The zero-order valence-corrected chi connectivity index (χ0v) is 37.8. The first-order valence-electron chi connectivity index (χ1n) is 21.1. The Bertz CT molecular complexity index is 2230. The van der Waals surface area contributed by atoms with Gasteiger partial charge in [0, 0.05) is 43.9 Å². The average Bonchev–Trinajstić information content (AvgIpc) is 3.90. The van der Waals surface area contributed by atoms with Gasteiger partial charge < -0.3 is 43.0 Å². The van der Waals surface area contributed by atoms with Crippen molar-refractivity contribution in [3.63, 3.8) is 0 Å². The van der Waals surface area contributed by atoms with Gasteiger partial charge in [-0.2, -0.15) is 0 Å². The minimum atomic E-state index is -1.01. The van der Waals surface area contributed by atoms with Crippen LogP contribution in [0.15, 0.2) is 97.4 Å². The lowest BCUT2D eigenvalue weighted by Gasteiger charge is -2.25. The molecular formula is C48H58N4O13. The number of nitrogens with zero attached hydrogens (tertiary/aromatic N) is 2. The number of benzene rings is 2. The molecule has 0 fully saturated rings. The summed E-state index contributed by atoms with van der Waals surface area (Å²) in [5.41, 5.74) is 2.83. The minimum Gasteiger partial charge on any atom is -0.493 e. The third kappa shape index (κ3) is 14.4. The van der Waals surface area contributed by atoms with E-state index in [-0.39, 0.29) is 73.1 Å². The molecule has 0 aromatic heterocycles. The molecule has 17 heteroatoms.